The molecule has 0 aromatic carbocycles. The van der Waals surface area contributed by atoms with Gasteiger partial charge in [-0.15, -0.1) is 0 Å². The van der Waals surface area contributed by atoms with Crippen molar-refractivity contribution in [1.82, 2.24) is 0 Å². The first-order valence-corrected chi connectivity index (χ1v) is 16.4. The fourth-order valence-corrected chi connectivity index (χ4v) is 4.54. The van der Waals surface area contributed by atoms with Crippen LogP contribution >= 0.6 is 0 Å². The summed E-state index contributed by atoms with van der Waals surface area (Å²) in [6, 6.07) is 0. The molecule has 0 aromatic heterocycles. The van der Waals surface area contributed by atoms with Crippen LogP contribution in [-0.2, 0) is 0 Å². The van der Waals surface area contributed by atoms with Crippen molar-refractivity contribution in [1.29, 1.82) is 0 Å². The van der Waals surface area contributed by atoms with Crippen molar-refractivity contribution >= 4 is 0 Å². The summed E-state index contributed by atoms with van der Waals surface area (Å²) in [5.74, 6) is 0. The van der Waals surface area contributed by atoms with Gasteiger partial charge in [-0.2, -0.15) is 0 Å². The molecule has 0 aliphatic heterocycles. The van der Waals surface area contributed by atoms with Gasteiger partial charge in [0.25, 0.3) is 0 Å². The van der Waals surface area contributed by atoms with Gasteiger partial charge in [0.2, 0.25) is 0 Å². The van der Waals surface area contributed by atoms with Crippen LogP contribution in [0.15, 0.2) is 0 Å². The number of nitrogens with zero attached hydrogens (tertiary/aromatic N) is 2. The van der Waals surface area contributed by atoms with Crippen LogP contribution in [0.1, 0.15) is 169 Å². The molecule has 0 aromatic rings. The molecule has 36 heavy (non-hydrogen) atoms. The van der Waals surface area contributed by atoms with E-state index in [1.165, 1.54) is 128 Å². The molecule has 0 N–H and O–H groups in total. The fourth-order valence-electron chi connectivity index (χ4n) is 4.54. The van der Waals surface area contributed by atoms with Crippen molar-refractivity contribution in [2.24, 2.45) is 0 Å². The maximum atomic E-state index is 11.7. The Bertz CT molecular complexity index is 413. The lowest BCUT2D eigenvalue weighted by Crippen LogP contribution is -2.37. The molecule has 0 amide bonds. The zero-order chi connectivity index (χ0) is 27.4. The van der Waals surface area contributed by atoms with E-state index in [4.69, 9.17) is 0 Å². The molecular weight excluding hydrogens is 444 g/mol. The van der Waals surface area contributed by atoms with Gasteiger partial charge >= 0.3 is 0 Å². The van der Waals surface area contributed by atoms with Crippen LogP contribution in [0, 0.1) is 10.4 Å². The Balaban J connectivity index is 0. The van der Waals surface area contributed by atoms with Crippen LogP contribution in [0.5, 0.6) is 0 Å². The summed E-state index contributed by atoms with van der Waals surface area (Å²) in [7, 11) is 3.58. The Morgan fingerprint density at radius 2 is 0.528 bits per heavy atom. The molecule has 4 heteroatoms. The average Bonchev–Trinajstić information content (AvgIpc) is 2.86. The summed E-state index contributed by atoms with van der Waals surface area (Å²) in [6.45, 7) is 11.5. The molecule has 2 atom stereocenters. The molecule has 0 saturated carbocycles. The van der Waals surface area contributed by atoms with Crippen LogP contribution in [0.2, 0.25) is 0 Å². The minimum atomic E-state index is -0.0585. The highest BCUT2D eigenvalue weighted by Crippen LogP contribution is 2.13. The highest BCUT2D eigenvalue weighted by Gasteiger charge is 2.06. The lowest BCUT2D eigenvalue weighted by atomic mass is 10.1. The Morgan fingerprint density at radius 1 is 0.333 bits per heavy atom. The highest BCUT2D eigenvalue weighted by atomic mass is 16.5. The first-order chi connectivity index (χ1) is 17.2. The van der Waals surface area contributed by atoms with Crippen molar-refractivity contribution in [3.8, 4) is 0 Å². The van der Waals surface area contributed by atoms with Crippen molar-refractivity contribution in [3.05, 3.63) is 10.4 Å². The van der Waals surface area contributed by atoms with Gasteiger partial charge in [0.15, 0.2) is 0 Å². The van der Waals surface area contributed by atoms with Gasteiger partial charge in [0, 0.05) is 0 Å². The molecule has 0 spiro atoms. The van der Waals surface area contributed by atoms with Gasteiger partial charge in [-0.3, -0.25) is 0 Å². The number of unbranched alkanes of at least 4 members (excludes halogenated alkanes) is 20. The molecule has 0 saturated heterocycles. The fraction of sp³-hybridized carbons (Fsp3) is 1.00. The molecule has 2 unspecified atom stereocenters. The second-order valence-electron chi connectivity index (χ2n) is 11.7. The largest absolute Gasteiger partial charge is 0.633 e. The minimum Gasteiger partial charge on any atom is -0.633 e. The smallest absolute Gasteiger partial charge is 0.0781 e. The van der Waals surface area contributed by atoms with Crippen molar-refractivity contribution < 1.29 is 9.29 Å². The number of rotatable bonds is 26. The summed E-state index contributed by atoms with van der Waals surface area (Å²) in [5, 5.41) is 23.3. The van der Waals surface area contributed by atoms with E-state index in [1.54, 1.807) is 14.1 Å². The van der Waals surface area contributed by atoms with E-state index < -0.39 is 0 Å². The number of quaternary nitrogens is 2. The Labute approximate surface area is 228 Å². The number of hydrogen-bond acceptors (Lipinski definition) is 2. The third-order valence-corrected chi connectivity index (χ3v) is 7.81. The molecule has 0 aliphatic carbocycles. The lowest BCUT2D eigenvalue weighted by molar-refractivity contribution is -0.859. The van der Waals surface area contributed by atoms with E-state index in [1.807, 2.05) is 13.8 Å². The molecule has 0 bridgehead atoms. The molecule has 220 valence electrons. The summed E-state index contributed by atoms with van der Waals surface area (Å²) in [5.41, 5.74) is 0. The molecule has 0 fully saturated rings. The van der Waals surface area contributed by atoms with E-state index in [-0.39, 0.29) is 9.29 Å². The van der Waals surface area contributed by atoms with Gasteiger partial charge in [0.1, 0.15) is 0 Å². The second-order valence-corrected chi connectivity index (χ2v) is 11.7. The average molecular weight is 515 g/mol. The van der Waals surface area contributed by atoms with Gasteiger partial charge in [-0.1, -0.05) is 129 Å². The van der Waals surface area contributed by atoms with E-state index in [0.717, 1.165) is 25.9 Å². The first kappa shape index (κ1) is 38.0. The van der Waals surface area contributed by atoms with E-state index in [9.17, 15) is 10.4 Å². The Hall–Kier alpha value is -0.160. The first-order valence-electron chi connectivity index (χ1n) is 16.4. The summed E-state index contributed by atoms with van der Waals surface area (Å²) in [6.07, 6.45) is 29.7. The maximum absolute atomic E-state index is 11.7. The maximum Gasteiger partial charge on any atom is 0.0781 e. The van der Waals surface area contributed by atoms with Crippen LogP contribution < -0.4 is 0 Å². The summed E-state index contributed by atoms with van der Waals surface area (Å²) >= 11 is 0. The molecular formula is C32H70N2O2. The zero-order valence-corrected chi connectivity index (χ0v) is 26.1. The Kier molecular flexibility index (Phi) is 29.4. The van der Waals surface area contributed by atoms with E-state index >= 15 is 0 Å². The third-order valence-electron chi connectivity index (χ3n) is 7.81. The summed E-state index contributed by atoms with van der Waals surface area (Å²) < 4.78 is -0.116. The van der Waals surface area contributed by atoms with Crippen molar-refractivity contribution in [3.63, 3.8) is 0 Å². The quantitative estimate of drug-likeness (QED) is 0.0654. The van der Waals surface area contributed by atoms with Crippen molar-refractivity contribution in [2.45, 2.75) is 169 Å². The van der Waals surface area contributed by atoms with Gasteiger partial charge in [0.05, 0.1) is 40.3 Å². The third kappa shape index (κ3) is 31.9. The predicted octanol–water partition coefficient (Wildman–Crippen LogP) is 10.5. The standard InChI is InChI=1S/C17H37NO.C15H33NO/c1-4-6-7-8-9-10-11-12-13-14-15-16-17-18(3,19)5-2;1-4-6-7-8-9-10-11-12-13-14-15-16(3,17)5-2/h4-17H2,1-3H3;4-15H2,1-3H3. The highest BCUT2D eigenvalue weighted by molar-refractivity contribution is 4.50. The van der Waals surface area contributed by atoms with Gasteiger partial charge in [-0.25, -0.2) is 0 Å². The molecule has 0 radical (unpaired) electrons. The van der Waals surface area contributed by atoms with Crippen LogP contribution in [0.3, 0.4) is 0 Å². The van der Waals surface area contributed by atoms with Crippen molar-refractivity contribution in [2.75, 3.05) is 40.3 Å². The van der Waals surface area contributed by atoms with Crippen LogP contribution in [0.4, 0.5) is 0 Å². The van der Waals surface area contributed by atoms with E-state index in [0.29, 0.717) is 13.1 Å². The SMILES string of the molecule is CCCCCCCCCCCCCC[N+](C)([O-])CC.CCCCCCCCCCCC[N+](C)([O-])CC. The second kappa shape index (κ2) is 27.9. The minimum absolute atomic E-state index is 0.0578. The normalized spacial score (nSPS) is 14.7. The van der Waals surface area contributed by atoms with Gasteiger partial charge < -0.3 is 19.7 Å². The molecule has 0 aliphatic rings. The van der Waals surface area contributed by atoms with Crippen LogP contribution in [-0.4, -0.2) is 49.6 Å². The zero-order valence-electron chi connectivity index (χ0n) is 26.1. The number of hydrogen-bond donors (Lipinski definition) is 0. The van der Waals surface area contributed by atoms with Gasteiger partial charge in [-0.05, 0) is 39.5 Å². The topological polar surface area (TPSA) is 46.1 Å². The van der Waals surface area contributed by atoms with E-state index in [2.05, 4.69) is 13.8 Å². The predicted molar refractivity (Wildman–Crippen MR) is 163 cm³/mol. The summed E-state index contributed by atoms with van der Waals surface area (Å²) in [4.78, 5) is 0. The molecule has 0 rings (SSSR count). The number of hydroxylamine groups is 6. The monoisotopic (exact) mass is 515 g/mol. The Morgan fingerprint density at radius 3 is 0.722 bits per heavy atom. The van der Waals surface area contributed by atoms with Crippen LogP contribution in [0.25, 0.3) is 0 Å². The molecule has 4 nitrogen and oxygen atoms in total. The lowest BCUT2D eigenvalue weighted by Gasteiger charge is -2.37. The molecule has 0 heterocycles.